The predicted octanol–water partition coefficient (Wildman–Crippen LogP) is 5.49. The number of benzene rings is 3. The van der Waals surface area contributed by atoms with Gasteiger partial charge in [-0.05, 0) is 36.2 Å². The molecule has 0 atom stereocenters. The standard InChI is InChI=1S/C23H20N2O/c1-2-25-21-17-19(18-9-5-3-6-10-18)13-14-22(21)26-23(25)15-16-24-20-11-7-4-8-12-20/h3-17H,2H2,1H3/p+1. The van der Waals surface area contributed by atoms with E-state index in [1.165, 1.54) is 11.1 Å². The lowest BCUT2D eigenvalue weighted by Crippen LogP contribution is -2.33. The Kier molecular flexibility index (Phi) is 4.52. The van der Waals surface area contributed by atoms with E-state index in [9.17, 15) is 0 Å². The van der Waals surface area contributed by atoms with Crippen LogP contribution in [0.2, 0.25) is 0 Å². The van der Waals surface area contributed by atoms with Crippen molar-refractivity contribution in [3.63, 3.8) is 0 Å². The lowest BCUT2D eigenvalue weighted by molar-refractivity contribution is -0.674. The molecule has 0 fully saturated rings. The van der Waals surface area contributed by atoms with Gasteiger partial charge in [-0.25, -0.2) is 0 Å². The van der Waals surface area contributed by atoms with Crippen molar-refractivity contribution in [2.45, 2.75) is 13.5 Å². The summed E-state index contributed by atoms with van der Waals surface area (Å²) in [5.41, 5.74) is 5.45. The van der Waals surface area contributed by atoms with Crippen LogP contribution in [-0.2, 0) is 6.54 Å². The van der Waals surface area contributed by atoms with E-state index in [1.54, 1.807) is 0 Å². The van der Waals surface area contributed by atoms with E-state index in [-0.39, 0.29) is 0 Å². The molecule has 4 rings (SSSR count). The van der Waals surface area contributed by atoms with Crippen LogP contribution >= 0.6 is 0 Å². The highest BCUT2D eigenvalue weighted by Crippen LogP contribution is 2.24. The van der Waals surface area contributed by atoms with Gasteiger partial charge in [0.05, 0.1) is 6.08 Å². The van der Waals surface area contributed by atoms with Crippen LogP contribution < -0.4 is 9.88 Å². The Morgan fingerprint density at radius 1 is 0.885 bits per heavy atom. The Balaban J connectivity index is 1.67. The van der Waals surface area contributed by atoms with E-state index in [1.807, 2.05) is 54.7 Å². The summed E-state index contributed by atoms with van der Waals surface area (Å²) in [5, 5.41) is 3.27. The molecular formula is C23H21N2O+. The maximum atomic E-state index is 6.06. The maximum Gasteiger partial charge on any atom is 0.375 e. The van der Waals surface area contributed by atoms with Crippen molar-refractivity contribution in [2.24, 2.45) is 0 Å². The van der Waals surface area contributed by atoms with Gasteiger partial charge in [-0.15, -0.1) is 0 Å². The first-order valence-electron chi connectivity index (χ1n) is 8.85. The summed E-state index contributed by atoms with van der Waals surface area (Å²) in [5.74, 6) is 0.830. The zero-order valence-corrected chi connectivity index (χ0v) is 14.7. The second-order valence-electron chi connectivity index (χ2n) is 6.08. The molecule has 1 N–H and O–H groups in total. The SMILES string of the molecule is CC[n+]1c(C=CNc2ccccc2)oc2ccc(-c3ccccc3)cc21. The number of aryl methyl sites for hydroxylation is 1. The van der Waals surface area contributed by atoms with E-state index < -0.39 is 0 Å². The molecule has 26 heavy (non-hydrogen) atoms. The zero-order chi connectivity index (χ0) is 17.8. The van der Waals surface area contributed by atoms with Crippen molar-refractivity contribution in [1.82, 2.24) is 0 Å². The first-order valence-corrected chi connectivity index (χ1v) is 8.85. The fourth-order valence-corrected chi connectivity index (χ4v) is 3.10. The molecule has 4 aromatic rings. The number of fused-ring (bicyclic) bond motifs is 1. The summed E-state index contributed by atoms with van der Waals surface area (Å²) < 4.78 is 8.24. The van der Waals surface area contributed by atoms with Crippen LogP contribution in [0.4, 0.5) is 5.69 Å². The monoisotopic (exact) mass is 341 g/mol. The van der Waals surface area contributed by atoms with E-state index in [0.717, 1.165) is 29.2 Å². The van der Waals surface area contributed by atoms with Crippen molar-refractivity contribution < 1.29 is 8.98 Å². The number of rotatable bonds is 5. The van der Waals surface area contributed by atoms with Gasteiger partial charge >= 0.3 is 5.89 Å². The average molecular weight is 341 g/mol. The first-order chi connectivity index (χ1) is 12.8. The van der Waals surface area contributed by atoms with Gasteiger partial charge in [-0.1, -0.05) is 54.6 Å². The smallest absolute Gasteiger partial charge is 0.375 e. The molecule has 0 saturated heterocycles. The number of oxazole rings is 1. The van der Waals surface area contributed by atoms with Crippen molar-refractivity contribution in [3.8, 4) is 11.1 Å². The number of hydrogen-bond donors (Lipinski definition) is 1. The molecule has 1 aromatic heterocycles. The molecule has 3 aromatic carbocycles. The van der Waals surface area contributed by atoms with Crippen LogP contribution in [0, 0.1) is 0 Å². The number of nitrogens with zero attached hydrogens (tertiary/aromatic N) is 1. The number of aromatic nitrogens is 1. The van der Waals surface area contributed by atoms with Gasteiger partial charge in [0.15, 0.2) is 0 Å². The lowest BCUT2D eigenvalue weighted by atomic mass is 10.1. The molecule has 0 unspecified atom stereocenters. The normalized spacial score (nSPS) is 11.3. The molecule has 1 heterocycles. The third kappa shape index (κ3) is 3.24. The summed E-state index contributed by atoms with van der Waals surface area (Å²) in [4.78, 5) is 0. The van der Waals surface area contributed by atoms with E-state index >= 15 is 0 Å². The Morgan fingerprint density at radius 2 is 1.62 bits per heavy atom. The molecule has 128 valence electrons. The molecule has 0 aliphatic heterocycles. The third-order valence-electron chi connectivity index (χ3n) is 4.40. The largest absolute Gasteiger partial charge is 0.398 e. The topological polar surface area (TPSA) is 29.1 Å². The highest BCUT2D eigenvalue weighted by molar-refractivity contribution is 5.78. The third-order valence-corrected chi connectivity index (χ3v) is 4.40. The predicted molar refractivity (Wildman–Crippen MR) is 107 cm³/mol. The summed E-state index contributed by atoms with van der Waals surface area (Å²) in [7, 11) is 0. The van der Waals surface area contributed by atoms with Gasteiger partial charge < -0.3 is 9.73 Å². The van der Waals surface area contributed by atoms with Crippen LogP contribution in [0.1, 0.15) is 12.8 Å². The zero-order valence-electron chi connectivity index (χ0n) is 14.7. The highest BCUT2D eigenvalue weighted by Gasteiger charge is 2.19. The minimum Gasteiger partial charge on any atom is -0.398 e. The second kappa shape index (κ2) is 7.28. The van der Waals surface area contributed by atoms with Gasteiger partial charge in [0, 0.05) is 18.0 Å². The molecule has 3 nitrogen and oxygen atoms in total. The molecule has 0 bridgehead atoms. The Labute approximate surface area is 153 Å². The van der Waals surface area contributed by atoms with Gasteiger partial charge in [-0.3, -0.25) is 0 Å². The minimum atomic E-state index is 0.830. The summed E-state index contributed by atoms with van der Waals surface area (Å²) in [6.45, 7) is 2.97. The minimum absolute atomic E-state index is 0.830. The Hall–Kier alpha value is -3.33. The summed E-state index contributed by atoms with van der Waals surface area (Å²) in [6.07, 6.45) is 3.88. The van der Waals surface area contributed by atoms with Gasteiger partial charge in [0.2, 0.25) is 5.58 Å². The van der Waals surface area contributed by atoms with Crippen molar-refractivity contribution in [1.29, 1.82) is 0 Å². The van der Waals surface area contributed by atoms with Crippen molar-refractivity contribution >= 4 is 22.9 Å². The van der Waals surface area contributed by atoms with Crippen molar-refractivity contribution in [2.75, 3.05) is 5.32 Å². The Morgan fingerprint density at radius 3 is 2.35 bits per heavy atom. The van der Waals surface area contributed by atoms with E-state index in [0.29, 0.717) is 0 Å². The lowest BCUT2D eigenvalue weighted by Gasteiger charge is -1.99. The number of anilines is 1. The number of para-hydroxylation sites is 1. The molecule has 0 saturated carbocycles. The van der Waals surface area contributed by atoms with Crippen LogP contribution in [0.25, 0.3) is 28.3 Å². The Bertz CT molecular complexity index is 1030. The molecule has 0 aliphatic rings. The summed E-state index contributed by atoms with van der Waals surface area (Å²) >= 11 is 0. The molecule has 0 radical (unpaired) electrons. The van der Waals surface area contributed by atoms with Gasteiger partial charge in [-0.2, -0.15) is 4.57 Å². The highest BCUT2D eigenvalue weighted by atomic mass is 16.3. The summed E-state index contributed by atoms with van der Waals surface area (Å²) in [6, 6.07) is 26.8. The number of hydrogen-bond acceptors (Lipinski definition) is 2. The fraction of sp³-hybridized carbons (Fsp3) is 0.0870. The molecule has 3 heteroatoms. The van der Waals surface area contributed by atoms with Crippen molar-refractivity contribution in [3.05, 3.63) is 91.0 Å². The van der Waals surface area contributed by atoms with Gasteiger partial charge in [0.1, 0.15) is 6.54 Å². The average Bonchev–Trinajstić information content (AvgIpc) is 3.06. The van der Waals surface area contributed by atoms with Crippen LogP contribution in [0.5, 0.6) is 0 Å². The number of nitrogens with one attached hydrogen (secondary N) is 1. The first kappa shape index (κ1) is 16.2. The molecule has 0 aliphatic carbocycles. The molecular weight excluding hydrogens is 320 g/mol. The fourth-order valence-electron chi connectivity index (χ4n) is 3.10. The van der Waals surface area contributed by atoms with Crippen LogP contribution in [-0.4, -0.2) is 0 Å². The molecule has 0 spiro atoms. The van der Waals surface area contributed by atoms with Gasteiger partial charge in [0.25, 0.3) is 5.52 Å². The molecule has 0 amide bonds. The van der Waals surface area contributed by atoms with Crippen LogP contribution in [0.15, 0.2) is 89.5 Å². The quantitative estimate of drug-likeness (QED) is 0.486. The second-order valence-corrected chi connectivity index (χ2v) is 6.08. The van der Waals surface area contributed by atoms with Crippen LogP contribution in [0.3, 0.4) is 0 Å². The maximum absolute atomic E-state index is 6.06. The van der Waals surface area contributed by atoms with E-state index in [2.05, 4.69) is 53.2 Å². The van der Waals surface area contributed by atoms with E-state index in [4.69, 9.17) is 4.42 Å².